The van der Waals surface area contributed by atoms with Crippen LogP contribution in [0.2, 0.25) is 0 Å². The van der Waals surface area contributed by atoms with Gasteiger partial charge in [-0.15, -0.1) is 0 Å². The van der Waals surface area contributed by atoms with Gasteiger partial charge in [-0.2, -0.15) is 0 Å². The van der Waals surface area contributed by atoms with Crippen LogP contribution in [0.5, 0.6) is 0 Å². The average molecular weight is 187 g/mol. The van der Waals surface area contributed by atoms with E-state index in [1.807, 2.05) is 0 Å². The van der Waals surface area contributed by atoms with Crippen molar-refractivity contribution in [3.63, 3.8) is 0 Å². The molecule has 74 valence electrons. The molecule has 0 aromatic heterocycles. The lowest BCUT2D eigenvalue weighted by Crippen LogP contribution is -2.43. The second-order valence-corrected chi connectivity index (χ2v) is 3.07. The Morgan fingerprint density at radius 2 is 2.31 bits per heavy atom. The van der Waals surface area contributed by atoms with Crippen molar-refractivity contribution in [1.29, 1.82) is 0 Å². The summed E-state index contributed by atoms with van der Waals surface area (Å²) in [6, 6.07) is -0.850. The zero-order valence-corrected chi connectivity index (χ0v) is 7.45. The van der Waals surface area contributed by atoms with Crippen LogP contribution < -0.4 is 5.32 Å². The summed E-state index contributed by atoms with van der Waals surface area (Å²) in [5, 5.41) is 10.9. The van der Waals surface area contributed by atoms with E-state index in [2.05, 4.69) is 5.32 Å². The maximum absolute atomic E-state index is 11.3. The van der Waals surface area contributed by atoms with Crippen LogP contribution in [-0.4, -0.2) is 35.7 Å². The average Bonchev–Trinajstić information content (AvgIpc) is 2.55. The number of nitrogens with one attached hydrogen (secondary N) is 1. The molecule has 1 rings (SSSR count). The predicted molar refractivity (Wildman–Crippen MR) is 44.2 cm³/mol. The van der Waals surface area contributed by atoms with Crippen molar-refractivity contribution >= 4 is 11.9 Å². The van der Waals surface area contributed by atoms with Crippen LogP contribution in [0.15, 0.2) is 0 Å². The molecule has 0 radical (unpaired) electrons. The van der Waals surface area contributed by atoms with E-state index in [1.54, 1.807) is 0 Å². The van der Waals surface area contributed by atoms with Gasteiger partial charge in [0.1, 0.15) is 12.1 Å². The zero-order valence-electron chi connectivity index (χ0n) is 7.45. The lowest BCUT2D eigenvalue weighted by Gasteiger charge is -2.12. The minimum atomic E-state index is -1.04. The molecule has 1 aliphatic rings. The van der Waals surface area contributed by atoms with Crippen LogP contribution in [-0.2, 0) is 14.3 Å². The minimum absolute atomic E-state index is 0.326. The Hall–Kier alpha value is -1.10. The van der Waals surface area contributed by atoms with Gasteiger partial charge in [0.25, 0.3) is 0 Å². The molecule has 0 unspecified atom stereocenters. The quantitative estimate of drug-likeness (QED) is 0.639. The molecular weight excluding hydrogens is 174 g/mol. The van der Waals surface area contributed by atoms with Gasteiger partial charge in [-0.05, 0) is 19.8 Å². The SMILES string of the molecule is C[C@@H](NC(=O)[C@@H]1CCCO1)C(=O)O. The molecule has 13 heavy (non-hydrogen) atoms. The molecule has 0 saturated carbocycles. The summed E-state index contributed by atoms with van der Waals surface area (Å²) in [7, 11) is 0. The normalized spacial score (nSPS) is 23.9. The standard InChI is InChI=1S/C8H13NO4/c1-5(8(11)12)9-7(10)6-3-2-4-13-6/h5-6H,2-4H2,1H3,(H,9,10)(H,11,12)/t5-,6+/m1/s1. The highest BCUT2D eigenvalue weighted by atomic mass is 16.5. The van der Waals surface area contributed by atoms with Gasteiger partial charge in [0.15, 0.2) is 0 Å². The first kappa shape index (κ1) is 9.98. The Kier molecular flexibility index (Phi) is 3.25. The molecule has 0 spiro atoms. The molecular formula is C8H13NO4. The van der Waals surface area contributed by atoms with Crippen LogP contribution in [0, 0.1) is 0 Å². The fraction of sp³-hybridized carbons (Fsp3) is 0.750. The number of carbonyl (C=O) groups is 2. The molecule has 0 aliphatic carbocycles. The van der Waals surface area contributed by atoms with Gasteiger partial charge in [0, 0.05) is 6.61 Å². The van der Waals surface area contributed by atoms with Crippen molar-refractivity contribution < 1.29 is 19.4 Å². The third-order valence-corrected chi connectivity index (χ3v) is 1.95. The fourth-order valence-electron chi connectivity index (χ4n) is 1.15. The van der Waals surface area contributed by atoms with Crippen molar-refractivity contribution in [3.05, 3.63) is 0 Å². The highest BCUT2D eigenvalue weighted by Crippen LogP contribution is 2.11. The maximum Gasteiger partial charge on any atom is 0.325 e. The van der Waals surface area contributed by atoms with Gasteiger partial charge >= 0.3 is 5.97 Å². The second-order valence-electron chi connectivity index (χ2n) is 3.07. The molecule has 0 aromatic rings. The van der Waals surface area contributed by atoms with Gasteiger partial charge in [-0.25, -0.2) is 0 Å². The van der Waals surface area contributed by atoms with Crippen LogP contribution in [0.1, 0.15) is 19.8 Å². The summed E-state index contributed by atoms with van der Waals surface area (Å²) in [5.41, 5.74) is 0. The first-order chi connectivity index (χ1) is 6.11. The summed E-state index contributed by atoms with van der Waals surface area (Å²) in [6.45, 7) is 2.01. The highest BCUT2D eigenvalue weighted by molar-refractivity contribution is 5.86. The monoisotopic (exact) mass is 187 g/mol. The van der Waals surface area contributed by atoms with Gasteiger partial charge < -0.3 is 15.2 Å². The lowest BCUT2D eigenvalue weighted by molar-refractivity contribution is -0.143. The van der Waals surface area contributed by atoms with E-state index in [9.17, 15) is 9.59 Å². The Bertz CT molecular complexity index is 210. The van der Waals surface area contributed by atoms with Crippen molar-refractivity contribution in [3.8, 4) is 0 Å². The summed E-state index contributed by atoms with van der Waals surface area (Å²) in [6.07, 6.45) is 1.08. The summed E-state index contributed by atoms with van der Waals surface area (Å²) in [5.74, 6) is -1.36. The van der Waals surface area contributed by atoms with E-state index >= 15 is 0 Å². The number of amides is 1. The van der Waals surface area contributed by atoms with E-state index in [1.165, 1.54) is 6.92 Å². The Balaban J connectivity index is 2.35. The molecule has 5 heteroatoms. The van der Waals surface area contributed by atoms with E-state index in [-0.39, 0.29) is 5.91 Å². The third kappa shape index (κ3) is 2.69. The Morgan fingerprint density at radius 1 is 1.62 bits per heavy atom. The maximum atomic E-state index is 11.3. The predicted octanol–water partition coefficient (Wildman–Crippen LogP) is -0.245. The van der Waals surface area contributed by atoms with Crippen LogP contribution in [0.25, 0.3) is 0 Å². The first-order valence-electron chi connectivity index (χ1n) is 4.26. The van der Waals surface area contributed by atoms with Gasteiger partial charge in [0.05, 0.1) is 0 Å². The molecule has 0 aromatic carbocycles. The number of hydrogen-bond donors (Lipinski definition) is 2. The number of aliphatic carboxylic acids is 1. The summed E-state index contributed by atoms with van der Waals surface area (Å²) >= 11 is 0. The summed E-state index contributed by atoms with van der Waals surface area (Å²) in [4.78, 5) is 21.7. The van der Waals surface area contributed by atoms with E-state index in [4.69, 9.17) is 9.84 Å². The number of rotatable bonds is 3. The largest absolute Gasteiger partial charge is 0.480 e. The lowest BCUT2D eigenvalue weighted by atomic mass is 10.2. The smallest absolute Gasteiger partial charge is 0.325 e. The molecule has 1 amide bonds. The van der Waals surface area contributed by atoms with Crippen molar-refractivity contribution in [2.75, 3.05) is 6.61 Å². The third-order valence-electron chi connectivity index (χ3n) is 1.95. The minimum Gasteiger partial charge on any atom is -0.480 e. The van der Waals surface area contributed by atoms with Crippen molar-refractivity contribution in [1.82, 2.24) is 5.32 Å². The molecule has 1 saturated heterocycles. The first-order valence-corrected chi connectivity index (χ1v) is 4.26. The number of ether oxygens (including phenoxy) is 1. The van der Waals surface area contributed by atoms with E-state index in [0.29, 0.717) is 13.0 Å². The van der Waals surface area contributed by atoms with E-state index in [0.717, 1.165) is 6.42 Å². The molecule has 5 nitrogen and oxygen atoms in total. The Morgan fingerprint density at radius 3 is 2.77 bits per heavy atom. The molecule has 2 N–H and O–H groups in total. The van der Waals surface area contributed by atoms with Gasteiger partial charge in [-0.1, -0.05) is 0 Å². The molecule has 1 heterocycles. The molecule has 1 fully saturated rings. The Labute approximate surface area is 76.1 Å². The fourth-order valence-corrected chi connectivity index (χ4v) is 1.15. The number of carboxylic acids is 1. The van der Waals surface area contributed by atoms with E-state index < -0.39 is 18.1 Å². The number of hydrogen-bond acceptors (Lipinski definition) is 3. The number of carbonyl (C=O) groups excluding carboxylic acids is 1. The highest BCUT2D eigenvalue weighted by Gasteiger charge is 2.25. The summed E-state index contributed by atoms with van der Waals surface area (Å²) < 4.78 is 5.09. The molecule has 1 aliphatic heterocycles. The zero-order chi connectivity index (χ0) is 9.84. The van der Waals surface area contributed by atoms with Crippen LogP contribution >= 0.6 is 0 Å². The van der Waals surface area contributed by atoms with Crippen LogP contribution in [0.3, 0.4) is 0 Å². The topological polar surface area (TPSA) is 75.6 Å². The molecule has 0 bridgehead atoms. The van der Waals surface area contributed by atoms with Gasteiger partial charge in [0.2, 0.25) is 5.91 Å². The van der Waals surface area contributed by atoms with Crippen LogP contribution in [0.4, 0.5) is 0 Å². The van der Waals surface area contributed by atoms with Crippen molar-refractivity contribution in [2.24, 2.45) is 0 Å². The second kappa shape index (κ2) is 4.23. The molecule has 2 atom stereocenters. The van der Waals surface area contributed by atoms with Gasteiger partial charge in [-0.3, -0.25) is 9.59 Å². The van der Waals surface area contributed by atoms with Crippen molar-refractivity contribution in [2.45, 2.75) is 31.9 Å². The number of carboxylic acid groups (broad SMARTS) is 1.